The van der Waals surface area contributed by atoms with Crippen LogP contribution in [0.25, 0.3) is 0 Å². The number of nitrogens with zero attached hydrogens (tertiary/aromatic N) is 2. The van der Waals surface area contributed by atoms with E-state index in [1.165, 1.54) is 116 Å². The van der Waals surface area contributed by atoms with Crippen molar-refractivity contribution >= 4 is 17.8 Å². The van der Waals surface area contributed by atoms with Gasteiger partial charge in [0.15, 0.2) is 12.2 Å². The van der Waals surface area contributed by atoms with Gasteiger partial charge in [0.1, 0.15) is 0 Å². The van der Waals surface area contributed by atoms with Crippen molar-refractivity contribution in [2.75, 3.05) is 33.7 Å². The number of carbonyl (C=O) groups excluding carboxylic acids is 3. The second-order valence-electron chi connectivity index (χ2n) is 15.6. The first-order chi connectivity index (χ1) is 25.4. The lowest BCUT2D eigenvalue weighted by Crippen LogP contribution is -2.33. The number of ether oxygens (including phenoxy) is 2. The molecule has 0 aliphatic carbocycles. The fourth-order valence-electron chi connectivity index (χ4n) is 6.79. The Bertz CT molecular complexity index is 871. The largest absolute Gasteiger partial charge is 0.456 e. The Labute approximate surface area is 321 Å². The molecule has 2 atom stereocenters. The molecule has 7 nitrogen and oxygen atoms in total. The van der Waals surface area contributed by atoms with Crippen molar-refractivity contribution < 1.29 is 23.9 Å². The fraction of sp³-hybridized carbons (Fsp3) is 0.844. The molecule has 0 aromatic heterocycles. The topological polar surface area (TPSA) is 76.2 Å². The molecule has 1 aliphatic heterocycles. The lowest BCUT2D eigenvalue weighted by atomic mass is 10.1. The zero-order valence-corrected chi connectivity index (χ0v) is 34.5. The number of rotatable bonds is 35. The van der Waals surface area contributed by atoms with Crippen molar-refractivity contribution in [1.82, 2.24) is 9.80 Å². The van der Waals surface area contributed by atoms with Gasteiger partial charge in [-0.1, -0.05) is 141 Å². The highest BCUT2D eigenvalue weighted by Gasteiger charge is 2.40. The summed E-state index contributed by atoms with van der Waals surface area (Å²) in [5, 5.41) is 0. The van der Waals surface area contributed by atoms with Crippen LogP contribution in [0, 0.1) is 0 Å². The summed E-state index contributed by atoms with van der Waals surface area (Å²) in [4.78, 5) is 42.2. The van der Waals surface area contributed by atoms with E-state index in [0.29, 0.717) is 25.8 Å². The maximum absolute atomic E-state index is 12.9. The van der Waals surface area contributed by atoms with Gasteiger partial charge in [0, 0.05) is 25.8 Å². The van der Waals surface area contributed by atoms with Crippen molar-refractivity contribution in [3.8, 4) is 0 Å². The fourth-order valence-corrected chi connectivity index (χ4v) is 6.79. The number of amides is 1. The van der Waals surface area contributed by atoms with Gasteiger partial charge >= 0.3 is 11.9 Å². The zero-order valence-electron chi connectivity index (χ0n) is 34.5. The third-order valence-electron chi connectivity index (χ3n) is 10.2. The molecule has 52 heavy (non-hydrogen) atoms. The summed E-state index contributed by atoms with van der Waals surface area (Å²) in [5.74, 6) is -0.519. The van der Waals surface area contributed by atoms with E-state index in [0.717, 1.165) is 51.4 Å². The first kappa shape index (κ1) is 47.9. The van der Waals surface area contributed by atoms with Gasteiger partial charge < -0.3 is 19.3 Å². The predicted octanol–water partition coefficient (Wildman–Crippen LogP) is 11.7. The van der Waals surface area contributed by atoms with Gasteiger partial charge in [0.05, 0.1) is 13.1 Å². The van der Waals surface area contributed by atoms with Gasteiger partial charge in [-0.15, -0.1) is 0 Å². The summed E-state index contributed by atoms with van der Waals surface area (Å²) in [6.45, 7) is 5.75. The summed E-state index contributed by atoms with van der Waals surface area (Å²) in [6, 6.07) is 0. The molecule has 0 N–H and O–H groups in total. The molecule has 0 spiro atoms. The second-order valence-corrected chi connectivity index (χ2v) is 15.6. The molecule has 0 unspecified atom stereocenters. The number of esters is 2. The summed E-state index contributed by atoms with van der Waals surface area (Å²) in [5.41, 5.74) is 0. The van der Waals surface area contributed by atoms with Crippen LogP contribution in [0.4, 0.5) is 0 Å². The van der Waals surface area contributed by atoms with Crippen molar-refractivity contribution in [1.29, 1.82) is 0 Å². The van der Waals surface area contributed by atoms with Crippen LogP contribution in [0.15, 0.2) is 24.3 Å². The van der Waals surface area contributed by atoms with Crippen LogP contribution in [0.2, 0.25) is 0 Å². The molecular weight excluding hydrogens is 649 g/mol. The molecule has 0 radical (unpaired) electrons. The number of hydrogen-bond donors (Lipinski definition) is 0. The minimum Gasteiger partial charge on any atom is -0.456 e. The van der Waals surface area contributed by atoms with Crippen LogP contribution < -0.4 is 0 Å². The van der Waals surface area contributed by atoms with Gasteiger partial charge in [-0.05, 0) is 78.3 Å². The second kappa shape index (κ2) is 34.6. The van der Waals surface area contributed by atoms with Gasteiger partial charge in [-0.3, -0.25) is 14.4 Å². The van der Waals surface area contributed by atoms with E-state index in [2.05, 4.69) is 38.2 Å². The van der Waals surface area contributed by atoms with Gasteiger partial charge in [-0.2, -0.15) is 0 Å². The van der Waals surface area contributed by atoms with Crippen LogP contribution in [0.5, 0.6) is 0 Å². The van der Waals surface area contributed by atoms with E-state index in [9.17, 15) is 14.4 Å². The molecule has 7 heteroatoms. The maximum Gasteiger partial charge on any atom is 0.306 e. The lowest BCUT2D eigenvalue weighted by Gasteiger charge is -2.19. The molecule has 1 saturated heterocycles. The van der Waals surface area contributed by atoms with E-state index < -0.39 is 12.2 Å². The summed E-state index contributed by atoms with van der Waals surface area (Å²) in [6.07, 6.45) is 40.7. The molecule has 0 aromatic rings. The minimum atomic E-state index is -0.600. The van der Waals surface area contributed by atoms with Gasteiger partial charge in [0.2, 0.25) is 5.91 Å². The monoisotopic (exact) mass is 731 g/mol. The Morgan fingerprint density at radius 1 is 0.500 bits per heavy atom. The first-order valence-corrected chi connectivity index (χ1v) is 22.0. The molecule has 0 saturated carbocycles. The third-order valence-corrected chi connectivity index (χ3v) is 10.2. The molecule has 302 valence electrons. The van der Waals surface area contributed by atoms with E-state index in [1.807, 2.05) is 19.0 Å². The van der Waals surface area contributed by atoms with Crippen LogP contribution >= 0.6 is 0 Å². The molecule has 1 rings (SSSR count). The summed E-state index contributed by atoms with van der Waals surface area (Å²) in [7, 11) is 3.88. The number of allylic oxidation sites excluding steroid dienone is 4. The Morgan fingerprint density at radius 3 is 1.17 bits per heavy atom. The molecule has 1 heterocycles. The highest BCUT2D eigenvalue weighted by atomic mass is 16.6. The standard InChI is InChI=1S/C45H82N2O5/c1-5-7-9-11-13-15-17-19-21-23-25-27-29-31-33-35-44(49)51-41-39-47(43(48)37-38-46(3)4)40-42(41)52-45(50)36-34-32-30-28-26-24-22-20-18-16-14-12-10-8-6-2/h19-22,41-42H,5-18,23-40H2,1-4H3/b21-19-,22-20-/t41-,42-/m1/s1. The highest BCUT2D eigenvalue weighted by molar-refractivity contribution is 5.77. The summed E-state index contributed by atoms with van der Waals surface area (Å²) >= 11 is 0. The average Bonchev–Trinajstić information content (AvgIpc) is 3.51. The molecule has 1 fully saturated rings. The molecular formula is C45H82N2O5. The van der Waals surface area contributed by atoms with E-state index in [1.54, 1.807) is 4.90 Å². The number of carbonyl (C=O) groups is 3. The van der Waals surface area contributed by atoms with Crippen LogP contribution in [0.1, 0.15) is 200 Å². The van der Waals surface area contributed by atoms with Gasteiger partial charge in [-0.25, -0.2) is 0 Å². The van der Waals surface area contributed by atoms with Crippen molar-refractivity contribution in [2.45, 2.75) is 212 Å². The smallest absolute Gasteiger partial charge is 0.306 e. The first-order valence-electron chi connectivity index (χ1n) is 22.0. The average molecular weight is 731 g/mol. The SMILES string of the molecule is CCCCCCCC/C=C\CCCCCCCC(=O)O[C@@H]1CN(C(=O)CCN(C)C)C[C@H]1OC(=O)CCCCCCC/C=C\CCCCCCCC. The predicted molar refractivity (Wildman–Crippen MR) is 218 cm³/mol. The van der Waals surface area contributed by atoms with Crippen molar-refractivity contribution in [3.63, 3.8) is 0 Å². The van der Waals surface area contributed by atoms with Crippen LogP contribution in [-0.2, 0) is 23.9 Å². The number of hydrogen-bond acceptors (Lipinski definition) is 6. The van der Waals surface area contributed by atoms with Crippen molar-refractivity contribution in [3.05, 3.63) is 24.3 Å². The van der Waals surface area contributed by atoms with E-state index in [4.69, 9.17) is 9.47 Å². The molecule has 0 aromatic carbocycles. The normalized spacial score (nSPS) is 16.1. The number of likely N-dealkylation sites (tertiary alicyclic amines) is 1. The van der Waals surface area contributed by atoms with Gasteiger partial charge in [0.25, 0.3) is 0 Å². The Kier molecular flexibility index (Phi) is 31.9. The van der Waals surface area contributed by atoms with Crippen LogP contribution in [-0.4, -0.2) is 73.6 Å². The maximum atomic E-state index is 12.9. The molecule has 1 amide bonds. The minimum absolute atomic E-state index is 0.00260. The van der Waals surface area contributed by atoms with Crippen LogP contribution in [0.3, 0.4) is 0 Å². The molecule has 0 bridgehead atoms. The highest BCUT2D eigenvalue weighted by Crippen LogP contribution is 2.21. The zero-order chi connectivity index (χ0) is 37.9. The van der Waals surface area contributed by atoms with E-state index >= 15 is 0 Å². The number of unbranched alkanes of at least 4 members (excludes halogenated alkanes) is 22. The Morgan fingerprint density at radius 2 is 0.827 bits per heavy atom. The lowest BCUT2D eigenvalue weighted by molar-refractivity contribution is -0.164. The van der Waals surface area contributed by atoms with Crippen molar-refractivity contribution in [2.24, 2.45) is 0 Å². The Hall–Kier alpha value is -2.15. The molecule has 1 aliphatic rings. The summed E-state index contributed by atoms with van der Waals surface area (Å²) < 4.78 is 11.7. The third kappa shape index (κ3) is 28.4. The quantitative estimate of drug-likeness (QED) is 0.0367. The Balaban J connectivity index is 2.27. The van der Waals surface area contributed by atoms with E-state index in [-0.39, 0.29) is 30.9 Å².